The molecule has 11 nitrogen and oxygen atoms in total. The number of carbonyl (C=O) groups is 1. The van der Waals surface area contributed by atoms with Gasteiger partial charge in [-0.3, -0.25) is 19.8 Å². The van der Waals surface area contributed by atoms with E-state index in [1.807, 2.05) is 31.2 Å². The predicted molar refractivity (Wildman–Crippen MR) is 158 cm³/mol. The summed E-state index contributed by atoms with van der Waals surface area (Å²) in [6.07, 6.45) is 4.19. The molecule has 0 saturated carbocycles. The van der Waals surface area contributed by atoms with Crippen LogP contribution in [0.4, 0.5) is 17.3 Å². The summed E-state index contributed by atoms with van der Waals surface area (Å²) in [6, 6.07) is 16.4. The molecule has 0 atom stereocenters. The first kappa shape index (κ1) is 29.7. The largest absolute Gasteiger partial charge is 0.465 e. The Morgan fingerprint density at radius 1 is 1.02 bits per heavy atom. The number of nitro groups is 1. The molecule has 11 heteroatoms. The lowest BCUT2D eigenvalue weighted by Gasteiger charge is -2.23. The summed E-state index contributed by atoms with van der Waals surface area (Å²) in [6.45, 7) is 7.41. The molecule has 2 heterocycles. The first-order valence-electron chi connectivity index (χ1n) is 14.1. The van der Waals surface area contributed by atoms with Crippen LogP contribution in [0.2, 0.25) is 0 Å². The third-order valence-corrected chi connectivity index (χ3v) is 6.93. The monoisotopic (exact) mass is 562 g/mol. The normalized spacial score (nSPS) is 13.2. The molecular formula is C30H38N6O5. The molecular weight excluding hydrogens is 524 g/mol. The molecule has 0 amide bonds. The van der Waals surface area contributed by atoms with Gasteiger partial charge in [-0.1, -0.05) is 61.9 Å². The number of likely N-dealkylation sites (tertiary alicyclic amines) is 1. The van der Waals surface area contributed by atoms with Gasteiger partial charge in [-0.05, 0) is 61.5 Å². The number of unbranched alkanes of at least 4 members (excludes halogenated alkanes) is 1. The summed E-state index contributed by atoms with van der Waals surface area (Å²) in [5, 5.41) is 12.0. The molecule has 3 aromatic rings. The molecule has 0 radical (unpaired) electrons. The van der Waals surface area contributed by atoms with Crippen LogP contribution in [0, 0.1) is 10.1 Å². The number of nitrogens with zero attached hydrogens (tertiary/aromatic N) is 5. The summed E-state index contributed by atoms with van der Waals surface area (Å²) in [5.41, 5.74) is 9.75. The third kappa shape index (κ3) is 8.14. The zero-order chi connectivity index (χ0) is 29.2. The number of nitrogens with two attached hydrogens (primary N) is 1. The SMILES string of the molecule is CCCCOc1nc(N)c([N+](=O)[O-])c(N(CC(=O)OCC)Cc2ccc(-c3ccc(CN4CCCC4)cc3)cc2)n1. The molecule has 218 valence electrons. The van der Waals surface area contributed by atoms with Crippen LogP contribution < -0.4 is 15.4 Å². The Hall–Kier alpha value is -4.25. The van der Waals surface area contributed by atoms with Gasteiger partial charge in [-0.25, -0.2) is 0 Å². The van der Waals surface area contributed by atoms with E-state index < -0.39 is 16.6 Å². The fraction of sp³-hybridized carbons (Fsp3) is 0.433. The molecule has 1 fully saturated rings. The van der Waals surface area contributed by atoms with E-state index in [1.165, 1.54) is 23.3 Å². The number of anilines is 2. The predicted octanol–water partition coefficient (Wildman–Crippen LogP) is 4.98. The Labute approximate surface area is 240 Å². The molecule has 2 aromatic carbocycles. The summed E-state index contributed by atoms with van der Waals surface area (Å²) < 4.78 is 10.7. The maximum absolute atomic E-state index is 12.5. The van der Waals surface area contributed by atoms with Gasteiger partial charge >= 0.3 is 17.7 Å². The summed E-state index contributed by atoms with van der Waals surface area (Å²) in [5.74, 6) is -0.971. The van der Waals surface area contributed by atoms with E-state index in [2.05, 4.69) is 39.1 Å². The van der Waals surface area contributed by atoms with E-state index >= 15 is 0 Å². The number of rotatable bonds is 14. The lowest BCUT2D eigenvalue weighted by atomic mass is 10.0. The second kappa shape index (κ2) is 14.4. The Kier molecular flexibility index (Phi) is 10.4. The number of hydrogen-bond donors (Lipinski definition) is 1. The van der Waals surface area contributed by atoms with Crippen LogP contribution in [0.1, 0.15) is 50.7 Å². The molecule has 4 rings (SSSR count). The van der Waals surface area contributed by atoms with Gasteiger partial charge in [0.05, 0.1) is 18.1 Å². The van der Waals surface area contributed by atoms with Gasteiger partial charge in [-0.2, -0.15) is 9.97 Å². The number of esters is 1. The van der Waals surface area contributed by atoms with Crippen molar-refractivity contribution >= 4 is 23.3 Å². The van der Waals surface area contributed by atoms with Gasteiger partial charge in [0.25, 0.3) is 0 Å². The summed E-state index contributed by atoms with van der Waals surface area (Å²) >= 11 is 0. The number of aromatic nitrogens is 2. The van der Waals surface area contributed by atoms with Crippen LogP contribution in [-0.2, 0) is 22.6 Å². The van der Waals surface area contributed by atoms with Crippen LogP contribution >= 0.6 is 0 Å². The standard InChI is InChI=1S/C30H38N6O5/c1-3-5-18-41-30-32-28(31)27(36(38)39)29(33-30)35(21-26(37)40-4-2)20-23-10-14-25(15-11-23)24-12-8-22(9-13-24)19-34-16-6-7-17-34/h8-15H,3-7,16-21H2,1-2H3,(H2,31,32,33). The van der Waals surface area contributed by atoms with Crippen molar-refractivity contribution in [3.8, 4) is 17.1 Å². The van der Waals surface area contributed by atoms with Gasteiger partial charge in [0.1, 0.15) is 6.54 Å². The van der Waals surface area contributed by atoms with Crippen molar-refractivity contribution in [3.63, 3.8) is 0 Å². The number of hydrogen-bond acceptors (Lipinski definition) is 10. The number of benzene rings is 2. The van der Waals surface area contributed by atoms with Crippen LogP contribution in [0.25, 0.3) is 11.1 Å². The van der Waals surface area contributed by atoms with Crippen LogP contribution in [-0.4, -0.2) is 58.6 Å². The topological polar surface area (TPSA) is 137 Å². The van der Waals surface area contributed by atoms with Crippen molar-refractivity contribution < 1.29 is 19.2 Å². The average molecular weight is 563 g/mol. The zero-order valence-electron chi connectivity index (χ0n) is 23.8. The molecule has 0 unspecified atom stereocenters. The molecule has 1 aliphatic heterocycles. The van der Waals surface area contributed by atoms with Crippen LogP contribution in [0.5, 0.6) is 6.01 Å². The number of ether oxygens (including phenoxy) is 2. The van der Waals surface area contributed by atoms with E-state index in [4.69, 9.17) is 15.2 Å². The van der Waals surface area contributed by atoms with E-state index in [-0.39, 0.29) is 37.3 Å². The van der Waals surface area contributed by atoms with E-state index in [9.17, 15) is 14.9 Å². The Morgan fingerprint density at radius 2 is 1.66 bits per heavy atom. The van der Waals surface area contributed by atoms with Crippen molar-refractivity contribution in [1.29, 1.82) is 0 Å². The Bertz CT molecular complexity index is 1310. The highest BCUT2D eigenvalue weighted by molar-refractivity contribution is 5.79. The first-order chi connectivity index (χ1) is 19.9. The second-order valence-electron chi connectivity index (χ2n) is 10.1. The molecule has 2 N–H and O–H groups in total. The van der Waals surface area contributed by atoms with Crippen molar-refractivity contribution in [1.82, 2.24) is 14.9 Å². The molecule has 0 aliphatic carbocycles. The van der Waals surface area contributed by atoms with Crippen molar-refractivity contribution in [2.75, 3.05) is 43.5 Å². The lowest BCUT2D eigenvalue weighted by Crippen LogP contribution is -2.32. The van der Waals surface area contributed by atoms with Crippen molar-refractivity contribution in [3.05, 3.63) is 69.8 Å². The highest BCUT2D eigenvalue weighted by Crippen LogP contribution is 2.34. The molecule has 41 heavy (non-hydrogen) atoms. The minimum atomic E-state index is -0.644. The van der Waals surface area contributed by atoms with Gasteiger partial charge in [0, 0.05) is 13.1 Å². The molecule has 0 bridgehead atoms. The zero-order valence-corrected chi connectivity index (χ0v) is 23.8. The van der Waals surface area contributed by atoms with Gasteiger partial charge in [0.15, 0.2) is 0 Å². The maximum atomic E-state index is 12.5. The maximum Gasteiger partial charge on any atom is 0.353 e. The second-order valence-corrected chi connectivity index (χ2v) is 10.1. The minimum Gasteiger partial charge on any atom is -0.465 e. The Balaban J connectivity index is 1.56. The molecule has 1 aliphatic rings. The molecule has 1 aromatic heterocycles. The van der Waals surface area contributed by atoms with Gasteiger partial charge in [-0.15, -0.1) is 0 Å². The summed E-state index contributed by atoms with van der Waals surface area (Å²) in [7, 11) is 0. The molecule has 0 spiro atoms. The third-order valence-electron chi connectivity index (χ3n) is 6.93. The molecule has 1 saturated heterocycles. The summed E-state index contributed by atoms with van der Waals surface area (Å²) in [4.78, 5) is 36.1. The fourth-order valence-corrected chi connectivity index (χ4v) is 4.80. The fourth-order valence-electron chi connectivity index (χ4n) is 4.80. The smallest absolute Gasteiger partial charge is 0.353 e. The number of carbonyl (C=O) groups excluding carboxylic acids is 1. The van der Waals surface area contributed by atoms with E-state index in [0.29, 0.717) is 6.61 Å². The average Bonchev–Trinajstić information content (AvgIpc) is 3.46. The van der Waals surface area contributed by atoms with Crippen molar-refractivity contribution in [2.24, 2.45) is 0 Å². The van der Waals surface area contributed by atoms with Gasteiger partial charge < -0.3 is 20.1 Å². The number of nitrogen functional groups attached to an aromatic ring is 1. The van der Waals surface area contributed by atoms with E-state index in [0.717, 1.165) is 49.2 Å². The minimum absolute atomic E-state index is 0.0751. The lowest BCUT2D eigenvalue weighted by molar-refractivity contribution is -0.383. The van der Waals surface area contributed by atoms with Gasteiger partial charge in [0.2, 0.25) is 11.6 Å². The van der Waals surface area contributed by atoms with E-state index in [1.54, 1.807) is 6.92 Å². The first-order valence-corrected chi connectivity index (χ1v) is 14.1. The Morgan fingerprint density at radius 3 is 2.24 bits per heavy atom. The quantitative estimate of drug-likeness (QED) is 0.124. The van der Waals surface area contributed by atoms with Crippen molar-refractivity contribution in [2.45, 2.75) is 52.6 Å². The highest BCUT2D eigenvalue weighted by atomic mass is 16.6. The highest BCUT2D eigenvalue weighted by Gasteiger charge is 2.29. The van der Waals surface area contributed by atoms with Crippen LogP contribution in [0.3, 0.4) is 0 Å². The van der Waals surface area contributed by atoms with Crippen LogP contribution in [0.15, 0.2) is 48.5 Å².